The molecule has 3 nitrogen and oxygen atoms in total. The molecule has 0 saturated carbocycles. The van der Waals surface area contributed by atoms with Crippen LogP contribution in [0.1, 0.15) is 17.0 Å². The highest BCUT2D eigenvalue weighted by Crippen LogP contribution is 2.35. The molecule has 1 atom stereocenters. The highest BCUT2D eigenvalue weighted by atomic mass is 16.7. The third-order valence-electron chi connectivity index (χ3n) is 3.48. The molecule has 0 fully saturated rings. The molecule has 19 heavy (non-hydrogen) atoms. The number of hydrogen-bond donors (Lipinski definition) is 1. The van der Waals surface area contributed by atoms with Gasteiger partial charge in [-0.15, -0.1) is 0 Å². The Kier molecular flexibility index (Phi) is 3.38. The summed E-state index contributed by atoms with van der Waals surface area (Å²) in [5.41, 5.74) is 8.43. The predicted octanol–water partition coefficient (Wildman–Crippen LogP) is 2.70. The maximum atomic E-state index is 5.93. The minimum atomic E-state index is 0.303. The lowest BCUT2D eigenvalue weighted by atomic mass is 9.92. The Labute approximate surface area is 113 Å². The van der Waals surface area contributed by atoms with E-state index in [0.29, 0.717) is 19.3 Å². The largest absolute Gasteiger partial charge is 0.454 e. The lowest BCUT2D eigenvalue weighted by Gasteiger charge is -2.15. The van der Waals surface area contributed by atoms with Crippen LogP contribution in [0.15, 0.2) is 48.5 Å². The molecule has 0 saturated heterocycles. The topological polar surface area (TPSA) is 44.5 Å². The van der Waals surface area contributed by atoms with Crippen LogP contribution in [0, 0.1) is 0 Å². The quantitative estimate of drug-likeness (QED) is 0.913. The van der Waals surface area contributed by atoms with Crippen LogP contribution in [-0.2, 0) is 6.42 Å². The third kappa shape index (κ3) is 2.56. The van der Waals surface area contributed by atoms with E-state index in [0.717, 1.165) is 17.9 Å². The highest BCUT2D eigenvalue weighted by Gasteiger charge is 2.17. The van der Waals surface area contributed by atoms with Crippen molar-refractivity contribution in [3.63, 3.8) is 0 Å². The lowest BCUT2D eigenvalue weighted by molar-refractivity contribution is 0.174. The summed E-state index contributed by atoms with van der Waals surface area (Å²) in [6, 6.07) is 16.5. The van der Waals surface area contributed by atoms with Crippen LogP contribution in [0.5, 0.6) is 11.5 Å². The van der Waals surface area contributed by atoms with Crippen molar-refractivity contribution in [1.82, 2.24) is 0 Å². The van der Waals surface area contributed by atoms with Crippen molar-refractivity contribution in [3.8, 4) is 11.5 Å². The summed E-state index contributed by atoms with van der Waals surface area (Å²) in [6.07, 6.45) is 0.941. The smallest absolute Gasteiger partial charge is 0.231 e. The van der Waals surface area contributed by atoms with Crippen LogP contribution in [-0.4, -0.2) is 13.3 Å². The monoisotopic (exact) mass is 255 g/mol. The Morgan fingerprint density at radius 1 is 1.00 bits per heavy atom. The average Bonchev–Trinajstić information content (AvgIpc) is 2.93. The Morgan fingerprint density at radius 3 is 2.58 bits per heavy atom. The van der Waals surface area contributed by atoms with E-state index in [9.17, 15) is 0 Å². The van der Waals surface area contributed by atoms with E-state index in [-0.39, 0.29) is 0 Å². The lowest BCUT2D eigenvalue weighted by Crippen LogP contribution is -2.15. The normalized spacial score (nSPS) is 14.4. The highest BCUT2D eigenvalue weighted by molar-refractivity contribution is 5.45. The minimum Gasteiger partial charge on any atom is -0.454 e. The molecule has 3 rings (SSSR count). The van der Waals surface area contributed by atoms with E-state index in [1.165, 1.54) is 11.1 Å². The molecule has 2 aromatic carbocycles. The Morgan fingerprint density at radius 2 is 1.79 bits per heavy atom. The summed E-state index contributed by atoms with van der Waals surface area (Å²) in [4.78, 5) is 0. The van der Waals surface area contributed by atoms with Gasteiger partial charge < -0.3 is 15.2 Å². The molecule has 2 N–H and O–H groups in total. The molecule has 0 bridgehead atoms. The summed E-state index contributed by atoms with van der Waals surface area (Å²) in [5.74, 6) is 1.94. The fraction of sp³-hybridized carbons (Fsp3) is 0.250. The molecular formula is C16H17NO2. The van der Waals surface area contributed by atoms with Gasteiger partial charge in [0.2, 0.25) is 6.79 Å². The zero-order valence-electron chi connectivity index (χ0n) is 10.7. The van der Waals surface area contributed by atoms with Gasteiger partial charge in [-0.1, -0.05) is 36.4 Å². The molecule has 0 spiro atoms. The van der Waals surface area contributed by atoms with Gasteiger partial charge in [-0.2, -0.15) is 0 Å². The van der Waals surface area contributed by atoms with Crippen LogP contribution in [0.2, 0.25) is 0 Å². The molecule has 3 heteroatoms. The van der Waals surface area contributed by atoms with Crippen molar-refractivity contribution in [2.45, 2.75) is 12.3 Å². The van der Waals surface area contributed by atoms with Crippen molar-refractivity contribution in [3.05, 3.63) is 59.7 Å². The number of benzene rings is 2. The van der Waals surface area contributed by atoms with Crippen LogP contribution < -0.4 is 15.2 Å². The van der Waals surface area contributed by atoms with E-state index in [1.807, 2.05) is 18.2 Å². The zero-order valence-corrected chi connectivity index (χ0v) is 10.7. The number of ether oxygens (including phenoxy) is 2. The number of rotatable bonds is 4. The van der Waals surface area contributed by atoms with Crippen LogP contribution >= 0.6 is 0 Å². The van der Waals surface area contributed by atoms with E-state index < -0.39 is 0 Å². The van der Waals surface area contributed by atoms with Gasteiger partial charge in [-0.25, -0.2) is 0 Å². The second kappa shape index (κ2) is 5.33. The summed E-state index contributed by atoms with van der Waals surface area (Å²) in [5, 5.41) is 0. The molecule has 2 aromatic rings. The molecule has 1 heterocycles. The number of fused-ring (bicyclic) bond motifs is 1. The van der Waals surface area contributed by atoms with Crippen LogP contribution in [0.3, 0.4) is 0 Å². The van der Waals surface area contributed by atoms with Crippen molar-refractivity contribution in [1.29, 1.82) is 0 Å². The Balaban J connectivity index is 1.82. The van der Waals surface area contributed by atoms with Gasteiger partial charge >= 0.3 is 0 Å². The van der Waals surface area contributed by atoms with E-state index >= 15 is 0 Å². The van der Waals surface area contributed by atoms with Gasteiger partial charge in [0.1, 0.15) is 0 Å². The van der Waals surface area contributed by atoms with E-state index in [1.54, 1.807) is 0 Å². The molecule has 1 aliphatic heterocycles. The Hall–Kier alpha value is -2.00. The van der Waals surface area contributed by atoms with Gasteiger partial charge in [0.15, 0.2) is 11.5 Å². The maximum absolute atomic E-state index is 5.93. The standard InChI is InChI=1S/C16H17NO2/c17-10-14(8-12-4-2-1-3-5-12)13-6-7-15-16(9-13)19-11-18-15/h1-7,9,14H,8,10-11,17H2/t14-/m0/s1. The fourth-order valence-corrected chi connectivity index (χ4v) is 2.40. The van der Waals surface area contributed by atoms with Crippen molar-refractivity contribution in [2.75, 3.05) is 13.3 Å². The molecule has 0 amide bonds. The summed E-state index contributed by atoms with van der Waals surface area (Å²) in [7, 11) is 0. The van der Waals surface area contributed by atoms with Crippen molar-refractivity contribution < 1.29 is 9.47 Å². The molecule has 0 unspecified atom stereocenters. The molecule has 0 aliphatic carbocycles. The van der Waals surface area contributed by atoms with Gasteiger partial charge in [0.25, 0.3) is 0 Å². The van der Waals surface area contributed by atoms with E-state index in [4.69, 9.17) is 15.2 Å². The summed E-state index contributed by atoms with van der Waals surface area (Å²) < 4.78 is 10.8. The second-order valence-corrected chi connectivity index (χ2v) is 4.74. The SMILES string of the molecule is NC[C@H](Cc1ccccc1)c1ccc2c(c1)OCO2. The van der Waals surface area contributed by atoms with E-state index in [2.05, 4.69) is 30.3 Å². The first-order valence-corrected chi connectivity index (χ1v) is 6.50. The maximum Gasteiger partial charge on any atom is 0.231 e. The summed E-state index contributed by atoms with van der Waals surface area (Å²) in [6.45, 7) is 0.930. The van der Waals surface area contributed by atoms with Gasteiger partial charge in [-0.3, -0.25) is 0 Å². The van der Waals surface area contributed by atoms with Crippen LogP contribution in [0.4, 0.5) is 0 Å². The van der Waals surface area contributed by atoms with Gasteiger partial charge in [0.05, 0.1) is 0 Å². The first kappa shape index (κ1) is 12.1. The Bertz CT molecular complexity index is 554. The van der Waals surface area contributed by atoms with Gasteiger partial charge in [-0.05, 0) is 36.2 Å². The average molecular weight is 255 g/mol. The first-order valence-electron chi connectivity index (χ1n) is 6.50. The molecule has 1 aliphatic rings. The molecule has 98 valence electrons. The molecule has 0 radical (unpaired) electrons. The summed E-state index contributed by atoms with van der Waals surface area (Å²) >= 11 is 0. The predicted molar refractivity (Wildman–Crippen MR) is 74.5 cm³/mol. The minimum absolute atomic E-state index is 0.303. The molecule has 0 aromatic heterocycles. The second-order valence-electron chi connectivity index (χ2n) is 4.74. The fourth-order valence-electron chi connectivity index (χ4n) is 2.40. The van der Waals surface area contributed by atoms with Crippen molar-refractivity contribution in [2.24, 2.45) is 5.73 Å². The van der Waals surface area contributed by atoms with Crippen molar-refractivity contribution >= 4 is 0 Å². The van der Waals surface area contributed by atoms with Crippen LogP contribution in [0.25, 0.3) is 0 Å². The zero-order chi connectivity index (χ0) is 13.1. The number of hydrogen-bond acceptors (Lipinski definition) is 3. The first-order chi connectivity index (χ1) is 9.36. The molecular weight excluding hydrogens is 238 g/mol. The van der Waals surface area contributed by atoms with Gasteiger partial charge in [0, 0.05) is 5.92 Å². The number of nitrogens with two attached hydrogens (primary N) is 1. The third-order valence-corrected chi connectivity index (χ3v) is 3.48.